The summed E-state index contributed by atoms with van der Waals surface area (Å²) < 4.78 is 18.9. The molecule has 0 aliphatic rings. The Labute approximate surface area is 198 Å². The van der Waals surface area contributed by atoms with E-state index in [-0.39, 0.29) is 26.3 Å². The summed E-state index contributed by atoms with van der Waals surface area (Å²) in [6, 6.07) is 11.7. The largest absolute Gasteiger partial charge is 0.475 e. The molecule has 0 spiro atoms. The van der Waals surface area contributed by atoms with E-state index in [0.29, 0.717) is 12.0 Å². The molecule has 0 saturated heterocycles. The molecular formula is C25H33FNO7+. The van der Waals surface area contributed by atoms with Gasteiger partial charge >= 0.3 is 11.9 Å². The minimum absolute atomic E-state index is 0.0115. The number of carboxylic acids is 2. The van der Waals surface area contributed by atoms with Crippen molar-refractivity contribution in [3.8, 4) is 0 Å². The zero-order valence-electron chi connectivity index (χ0n) is 19.6. The SMILES string of the molecule is CCC[N+](CC(COCc1ccccc1F)c1c(C)cccc1C)(C(O)C(=O)O)C(O)C(=O)O. The van der Waals surface area contributed by atoms with Crippen LogP contribution < -0.4 is 0 Å². The van der Waals surface area contributed by atoms with Crippen LogP contribution in [-0.2, 0) is 20.9 Å². The molecule has 4 N–H and O–H groups in total. The topological polar surface area (TPSA) is 124 Å². The van der Waals surface area contributed by atoms with E-state index >= 15 is 0 Å². The summed E-state index contributed by atoms with van der Waals surface area (Å²) in [6.45, 7) is 5.05. The van der Waals surface area contributed by atoms with Crippen molar-refractivity contribution in [3.63, 3.8) is 0 Å². The minimum atomic E-state index is -2.18. The van der Waals surface area contributed by atoms with Gasteiger partial charge in [0.15, 0.2) is 0 Å². The maximum atomic E-state index is 14.0. The van der Waals surface area contributed by atoms with Crippen LogP contribution in [0.15, 0.2) is 42.5 Å². The molecule has 2 rings (SSSR count). The molecule has 0 amide bonds. The molecule has 2 aromatic carbocycles. The number of halogens is 1. The average Bonchev–Trinajstić information content (AvgIpc) is 2.78. The van der Waals surface area contributed by atoms with Crippen LogP contribution in [0.5, 0.6) is 0 Å². The fourth-order valence-corrected chi connectivity index (χ4v) is 4.56. The number of ether oxygens (including phenoxy) is 1. The van der Waals surface area contributed by atoms with Crippen LogP contribution in [0.2, 0.25) is 0 Å². The summed E-state index contributed by atoms with van der Waals surface area (Å²) in [5.41, 5.74) is 2.87. The lowest BCUT2D eigenvalue weighted by molar-refractivity contribution is -0.994. The van der Waals surface area contributed by atoms with E-state index in [4.69, 9.17) is 4.74 Å². The molecule has 0 heterocycles. The number of quaternary nitrogens is 1. The van der Waals surface area contributed by atoms with Crippen molar-refractivity contribution < 1.29 is 43.6 Å². The zero-order chi connectivity index (χ0) is 25.5. The van der Waals surface area contributed by atoms with Crippen molar-refractivity contribution in [2.45, 2.75) is 52.2 Å². The van der Waals surface area contributed by atoms with Crippen LogP contribution in [0.25, 0.3) is 0 Å². The number of nitrogens with zero attached hydrogens (tertiary/aromatic N) is 1. The smallest absolute Gasteiger partial charge is 0.392 e. The fourth-order valence-electron chi connectivity index (χ4n) is 4.56. The van der Waals surface area contributed by atoms with Gasteiger partial charge in [-0.25, -0.2) is 14.0 Å². The van der Waals surface area contributed by atoms with Gasteiger partial charge in [-0.2, -0.15) is 0 Å². The maximum Gasteiger partial charge on any atom is 0.392 e. The summed E-state index contributed by atoms with van der Waals surface area (Å²) in [5.74, 6) is -4.30. The Morgan fingerprint density at radius 3 is 2.03 bits per heavy atom. The summed E-state index contributed by atoms with van der Waals surface area (Å²) in [6.07, 6.45) is -4.04. The number of hydrogen-bond acceptors (Lipinski definition) is 5. The van der Waals surface area contributed by atoms with Crippen LogP contribution in [0.4, 0.5) is 4.39 Å². The van der Waals surface area contributed by atoms with Crippen molar-refractivity contribution in [2.24, 2.45) is 0 Å². The molecule has 3 unspecified atom stereocenters. The van der Waals surface area contributed by atoms with Gasteiger partial charge in [-0.05, 0) is 43.0 Å². The van der Waals surface area contributed by atoms with Gasteiger partial charge in [-0.1, -0.05) is 43.3 Å². The molecule has 0 bridgehead atoms. The highest BCUT2D eigenvalue weighted by atomic mass is 19.1. The van der Waals surface area contributed by atoms with Gasteiger partial charge in [0, 0.05) is 5.56 Å². The Bertz CT molecular complexity index is 957. The zero-order valence-corrected chi connectivity index (χ0v) is 19.6. The third-order valence-electron chi connectivity index (χ3n) is 6.10. The number of aryl methyl sites for hydroxylation is 2. The van der Waals surface area contributed by atoms with E-state index in [1.807, 2.05) is 32.0 Å². The van der Waals surface area contributed by atoms with Crippen LogP contribution in [0, 0.1) is 19.7 Å². The maximum absolute atomic E-state index is 14.0. The van der Waals surface area contributed by atoms with E-state index in [1.165, 1.54) is 6.07 Å². The summed E-state index contributed by atoms with van der Waals surface area (Å²) in [5, 5.41) is 40.4. The molecule has 9 heteroatoms. The molecule has 0 radical (unpaired) electrons. The quantitative estimate of drug-likeness (QED) is 0.258. The Morgan fingerprint density at radius 2 is 1.53 bits per heavy atom. The number of aliphatic carboxylic acids is 2. The molecule has 8 nitrogen and oxygen atoms in total. The van der Waals surface area contributed by atoms with Gasteiger partial charge in [0.25, 0.3) is 12.5 Å². The van der Waals surface area contributed by atoms with E-state index in [2.05, 4.69) is 0 Å². The van der Waals surface area contributed by atoms with Gasteiger partial charge in [0.1, 0.15) is 5.82 Å². The minimum Gasteiger partial charge on any atom is -0.475 e. The van der Waals surface area contributed by atoms with Gasteiger partial charge in [0.05, 0.1) is 32.2 Å². The number of carboxylic acid groups (broad SMARTS) is 2. The van der Waals surface area contributed by atoms with Crippen molar-refractivity contribution in [1.29, 1.82) is 0 Å². The molecule has 0 aromatic heterocycles. The van der Waals surface area contributed by atoms with E-state index in [1.54, 1.807) is 25.1 Å². The third-order valence-corrected chi connectivity index (χ3v) is 6.10. The number of benzene rings is 2. The Morgan fingerprint density at radius 1 is 0.971 bits per heavy atom. The second kappa shape index (κ2) is 12.0. The first-order valence-electron chi connectivity index (χ1n) is 11.1. The molecule has 186 valence electrons. The first-order chi connectivity index (χ1) is 16.0. The monoisotopic (exact) mass is 478 g/mol. The summed E-state index contributed by atoms with van der Waals surface area (Å²) in [7, 11) is 0. The van der Waals surface area contributed by atoms with Crippen molar-refractivity contribution >= 4 is 11.9 Å². The molecule has 0 aliphatic carbocycles. The van der Waals surface area contributed by atoms with E-state index in [9.17, 15) is 34.4 Å². The predicted octanol–water partition coefficient (Wildman–Crippen LogP) is 2.78. The Hall–Kier alpha value is -2.85. The number of aliphatic hydroxyl groups excluding tert-OH is 2. The number of aliphatic hydroxyl groups is 2. The Kier molecular flexibility index (Phi) is 9.69. The molecule has 0 saturated carbocycles. The number of carbonyl (C=O) groups is 2. The molecule has 0 aliphatic heterocycles. The molecule has 2 aromatic rings. The van der Waals surface area contributed by atoms with Crippen LogP contribution in [0.1, 0.15) is 41.5 Å². The van der Waals surface area contributed by atoms with Crippen molar-refractivity contribution in [3.05, 3.63) is 70.5 Å². The summed E-state index contributed by atoms with van der Waals surface area (Å²) >= 11 is 0. The lowest BCUT2D eigenvalue weighted by Crippen LogP contribution is -2.68. The van der Waals surface area contributed by atoms with Gasteiger partial charge in [-0.3, -0.25) is 4.48 Å². The third kappa shape index (κ3) is 6.18. The van der Waals surface area contributed by atoms with Gasteiger partial charge in [0.2, 0.25) is 0 Å². The number of hydrogen-bond donors (Lipinski definition) is 4. The van der Waals surface area contributed by atoms with Crippen LogP contribution in [-0.4, -0.2) is 69.0 Å². The molecule has 34 heavy (non-hydrogen) atoms. The average molecular weight is 479 g/mol. The lowest BCUT2D eigenvalue weighted by Gasteiger charge is -2.44. The van der Waals surface area contributed by atoms with E-state index < -0.39 is 40.6 Å². The van der Waals surface area contributed by atoms with Gasteiger partial charge < -0.3 is 25.2 Å². The highest BCUT2D eigenvalue weighted by Crippen LogP contribution is 2.31. The molecular weight excluding hydrogens is 445 g/mol. The van der Waals surface area contributed by atoms with E-state index in [0.717, 1.165) is 16.7 Å². The van der Waals surface area contributed by atoms with Crippen LogP contribution in [0.3, 0.4) is 0 Å². The Balaban J connectivity index is 2.50. The lowest BCUT2D eigenvalue weighted by atomic mass is 9.89. The predicted molar refractivity (Wildman–Crippen MR) is 122 cm³/mol. The first kappa shape index (κ1) is 27.4. The normalized spacial score (nSPS) is 15.8. The highest BCUT2D eigenvalue weighted by molar-refractivity contribution is 5.73. The van der Waals surface area contributed by atoms with Crippen molar-refractivity contribution in [1.82, 2.24) is 0 Å². The molecule has 3 atom stereocenters. The molecule has 0 fully saturated rings. The highest BCUT2D eigenvalue weighted by Gasteiger charge is 2.51. The van der Waals surface area contributed by atoms with Gasteiger partial charge in [-0.15, -0.1) is 0 Å². The fraction of sp³-hybridized carbons (Fsp3) is 0.440. The van der Waals surface area contributed by atoms with Crippen LogP contribution >= 0.6 is 0 Å². The second-order valence-electron chi connectivity index (χ2n) is 8.54. The summed E-state index contributed by atoms with van der Waals surface area (Å²) in [4.78, 5) is 23.6. The van der Waals surface area contributed by atoms with Crippen molar-refractivity contribution in [2.75, 3.05) is 19.7 Å². The number of rotatable bonds is 13. The first-order valence-corrected chi connectivity index (χ1v) is 11.1. The second-order valence-corrected chi connectivity index (χ2v) is 8.54. The standard InChI is InChI=1S/C25H32FNO7/c1-4-12-27(22(28)24(30)31,23(29)25(32)33)13-19(21-16(2)8-7-9-17(21)3)15-34-14-18-10-5-6-11-20(18)26/h5-11,19,22-23,28-29H,4,12-15H2,1-3H3,(H-,30,31,32,33)/p+1.